The fraction of sp³-hybridized carbons (Fsp3) is 0.429. The van der Waals surface area contributed by atoms with Crippen molar-refractivity contribution in [3.05, 3.63) is 54.0 Å². The van der Waals surface area contributed by atoms with E-state index < -0.39 is 0 Å². The van der Waals surface area contributed by atoms with Crippen LogP contribution in [0.2, 0.25) is 0 Å². The molecule has 3 heterocycles. The first kappa shape index (κ1) is 16.6. The van der Waals surface area contributed by atoms with Crippen molar-refractivity contribution >= 4 is 17.3 Å². The average Bonchev–Trinajstić information content (AvgIpc) is 3.47. The Kier molecular flexibility index (Phi) is 4.41. The minimum Gasteiger partial charge on any atom is -0.366 e. The molecular weight excluding hydrogens is 336 g/mol. The number of rotatable bonds is 6. The van der Waals surface area contributed by atoms with Crippen LogP contribution < -0.4 is 16.0 Å². The number of piperidine rings is 1. The summed E-state index contributed by atoms with van der Waals surface area (Å²) in [6.07, 6.45) is 8.94. The summed E-state index contributed by atoms with van der Waals surface area (Å²) in [4.78, 5) is 9.56. The molecule has 1 aliphatic heterocycles. The molecule has 0 bridgehead atoms. The molecule has 6 nitrogen and oxygen atoms in total. The quantitative estimate of drug-likeness (QED) is 0.627. The van der Waals surface area contributed by atoms with Crippen molar-refractivity contribution in [3.63, 3.8) is 0 Å². The van der Waals surface area contributed by atoms with Crippen molar-refractivity contribution in [2.45, 2.75) is 44.2 Å². The smallest absolute Gasteiger partial charge is 0.180 e. The molecule has 2 aromatic heterocycles. The highest BCUT2D eigenvalue weighted by Gasteiger charge is 2.28. The lowest BCUT2D eigenvalue weighted by Crippen LogP contribution is -2.35. The van der Waals surface area contributed by atoms with Crippen LogP contribution in [0.3, 0.4) is 0 Å². The minimum atomic E-state index is 0.478. The predicted octanol–water partition coefficient (Wildman–Crippen LogP) is 3.38. The molecule has 2 aliphatic rings. The summed E-state index contributed by atoms with van der Waals surface area (Å²) in [6.45, 7) is 2.88. The van der Waals surface area contributed by atoms with E-state index in [1.165, 1.54) is 24.1 Å². The van der Waals surface area contributed by atoms with Gasteiger partial charge in [-0.25, -0.2) is 9.97 Å². The number of imidazole rings is 1. The number of hydrogen-bond donors (Lipinski definition) is 3. The van der Waals surface area contributed by atoms with E-state index in [9.17, 15) is 0 Å². The number of nitrogens with zero attached hydrogens (tertiary/aromatic N) is 3. The maximum absolute atomic E-state index is 4.88. The lowest BCUT2D eigenvalue weighted by Gasteiger charge is -2.24. The van der Waals surface area contributed by atoms with Gasteiger partial charge in [0, 0.05) is 30.4 Å². The molecule has 6 heteroatoms. The maximum atomic E-state index is 4.88. The molecule has 0 unspecified atom stereocenters. The average molecular weight is 362 g/mol. The molecule has 0 spiro atoms. The molecule has 1 saturated heterocycles. The molecule has 0 radical (unpaired) electrons. The first-order chi connectivity index (χ1) is 13.4. The van der Waals surface area contributed by atoms with Crippen molar-refractivity contribution in [3.8, 4) is 0 Å². The predicted molar refractivity (Wildman–Crippen MR) is 108 cm³/mol. The Bertz CT molecular complexity index is 909. The van der Waals surface area contributed by atoms with Crippen molar-refractivity contribution in [1.29, 1.82) is 0 Å². The van der Waals surface area contributed by atoms with Gasteiger partial charge in [0.25, 0.3) is 0 Å². The van der Waals surface area contributed by atoms with E-state index in [0.29, 0.717) is 12.0 Å². The van der Waals surface area contributed by atoms with E-state index in [2.05, 4.69) is 55.8 Å². The van der Waals surface area contributed by atoms with Gasteiger partial charge in [0.05, 0.1) is 6.20 Å². The van der Waals surface area contributed by atoms with Crippen molar-refractivity contribution in [2.24, 2.45) is 0 Å². The third-order valence-corrected chi connectivity index (χ3v) is 5.51. The van der Waals surface area contributed by atoms with Crippen molar-refractivity contribution in [1.82, 2.24) is 19.7 Å². The lowest BCUT2D eigenvalue weighted by molar-refractivity contribution is 0.478. The highest BCUT2D eigenvalue weighted by atomic mass is 15.2. The summed E-state index contributed by atoms with van der Waals surface area (Å²) in [5, 5.41) is 10.6. The van der Waals surface area contributed by atoms with E-state index in [-0.39, 0.29) is 0 Å². The fourth-order valence-corrected chi connectivity index (χ4v) is 3.83. The lowest BCUT2D eigenvalue weighted by atomic mass is 10.1. The Morgan fingerprint density at radius 1 is 1.07 bits per heavy atom. The van der Waals surface area contributed by atoms with Crippen LogP contribution in [0.1, 0.15) is 42.9 Å². The second-order valence-electron chi connectivity index (χ2n) is 7.63. The van der Waals surface area contributed by atoms with Gasteiger partial charge in [-0.2, -0.15) is 0 Å². The Morgan fingerprint density at radius 3 is 2.67 bits per heavy atom. The number of aromatic nitrogens is 3. The third-order valence-electron chi connectivity index (χ3n) is 5.51. The number of fused-ring (bicyclic) bond motifs is 1. The summed E-state index contributed by atoms with van der Waals surface area (Å²) in [6, 6.07) is 10.9. The van der Waals surface area contributed by atoms with Gasteiger partial charge in [-0.05, 0) is 44.3 Å². The third kappa shape index (κ3) is 3.62. The molecule has 0 amide bonds. The number of nitrogens with one attached hydrogen (secondary N) is 3. The summed E-state index contributed by atoms with van der Waals surface area (Å²) < 4.78 is 2.24. The van der Waals surface area contributed by atoms with Gasteiger partial charge in [0.1, 0.15) is 5.82 Å². The summed E-state index contributed by atoms with van der Waals surface area (Å²) in [5.41, 5.74) is 3.47. The van der Waals surface area contributed by atoms with Gasteiger partial charge >= 0.3 is 0 Å². The first-order valence-electron chi connectivity index (χ1n) is 10.00. The Labute approximate surface area is 159 Å². The standard InChI is InChI=1S/C21H26N6/c1-2-4-15(5-3-1)12-23-20-21-24-13-18(16-6-7-16)27(21)14-19(26-20)25-17-8-10-22-11-9-17/h1-5,13-14,16-17,22,25H,6-12H2,(H,23,26). The van der Waals surface area contributed by atoms with Crippen LogP contribution in [-0.4, -0.2) is 33.5 Å². The largest absolute Gasteiger partial charge is 0.366 e. The summed E-state index contributed by atoms with van der Waals surface area (Å²) >= 11 is 0. The van der Waals surface area contributed by atoms with Gasteiger partial charge in [-0.1, -0.05) is 30.3 Å². The molecule has 5 rings (SSSR count). The van der Waals surface area contributed by atoms with Crippen molar-refractivity contribution in [2.75, 3.05) is 23.7 Å². The fourth-order valence-electron chi connectivity index (χ4n) is 3.83. The van der Waals surface area contributed by atoms with Crippen LogP contribution in [0.4, 0.5) is 11.6 Å². The molecule has 0 atom stereocenters. The SMILES string of the molecule is c1ccc(CNc2nc(NC3CCNCC3)cn3c(C4CC4)cnc23)cc1. The van der Waals surface area contributed by atoms with Crippen LogP contribution in [0, 0.1) is 0 Å². The van der Waals surface area contributed by atoms with E-state index in [4.69, 9.17) is 4.98 Å². The van der Waals surface area contributed by atoms with E-state index in [1.54, 1.807) is 0 Å². The zero-order chi connectivity index (χ0) is 18.1. The summed E-state index contributed by atoms with van der Waals surface area (Å²) in [5.74, 6) is 2.44. The summed E-state index contributed by atoms with van der Waals surface area (Å²) in [7, 11) is 0. The van der Waals surface area contributed by atoms with E-state index in [0.717, 1.165) is 49.8 Å². The van der Waals surface area contributed by atoms with E-state index >= 15 is 0 Å². The second-order valence-corrected chi connectivity index (χ2v) is 7.63. The number of hydrogen-bond acceptors (Lipinski definition) is 5. The Hall–Kier alpha value is -2.60. The van der Waals surface area contributed by atoms with Gasteiger partial charge < -0.3 is 16.0 Å². The van der Waals surface area contributed by atoms with Gasteiger partial charge in [-0.15, -0.1) is 0 Å². The molecule has 27 heavy (non-hydrogen) atoms. The van der Waals surface area contributed by atoms with E-state index in [1.807, 2.05) is 12.3 Å². The first-order valence-corrected chi connectivity index (χ1v) is 10.00. The van der Waals surface area contributed by atoms with Gasteiger partial charge in [0.15, 0.2) is 11.5 Å². The van der Waals surface area contributed by atoms with Crippen molar-refractivity contribution < 1.29 is 0 Å². The van der Waals surface area contributed by atoms with Gasteiger partial charge in [0.2, 0.25) is 0 Å². The van der Waals surface area contributed by atoms with Gasteiger partial charge in [-0.3, -0.25) is 4.40 Å². The second kappa shape index (κ2) is 7.19. The zero-order valence-electron chi connectivity index (χ0n) is 15.5. The molecule has 1 aliphatic carbocycles. The number of anilines is 2. The Balaban J connectivity index is 1.45. The van der Waals surface area contributed by atoms with Crippen LogP contribution in [0.25, 0.3) is 5.65 Å². The monoisotopic (exact) mass is 362 g/mol. The Morgan fingerprint density at radius 2 is 1.89 bits per heavy atom. The molecular formula is C21H26N6. The van der Waals surface area contributed by atoms with Crippen LogP contribution in [-0.2, 0) is 6.54 Å². The zero-order valence-corrected chi connectivity index (χ0v) is 15.5. The molecule has 2 fully saturated rings. The molecule has 1 saturated carbocycles. The number of benzene rings is 1. The molecule has 140 valence electrons. The topological polar surface area (TPSA) is 66.3 Å². The van der Waals surface area contributed by atoms with Crippen LogP contribution >= 0.6 is 0 Å². The molecule has 1 aromatic carbocycles. The highest BCUT2D eigenvalue weighted by Crippen LogP contribution is 2.40. The maximum Gasteiger partial charge on any atom is 0.180 e. The van der Waals surface area contributed by atoms with Crippen LogP contribution in [0.15, 0.2) is 42.7 Å². The highest BCUT2D eigenvalue weighted by molar-refractivity contribution is 5.66. The normalized spacial score (nSPS) is 17.9. The van der Waals surface area contributed by atoms with Crippen LogP contribution in [0.5, 0.6) is 0 Å². The molecule has 3 aromatic rings. The minimum absolute atomic E-state index is 0.478. The molecule has 3 N–H and O–H groups in total.